The molecule has 0 amide bonds. The maximum atomic E-state index is 15.1. The molecule has 0 aromatic heterocycles. The molecule has 0 radical (unpaired) electrons. The lowest BCUT2D eigenvalue weighted by atomic mass is 9.33. The molecule has 86 heavy (non-hydrogen) atoms. The standard InChI is InChI=1S/C59H96O27/c1-24-34(64)46(84-49-43(73)40(70)37(67)29(20-61)81-49)45(75)51(79-24)85-47-35(65)27(63)21-77-52(47)83-33-11-12-55(4)31(56(33,5)23-62)10-13-58(7)32(55)9-8-25-26-18-54(2,3)14-16-59(26,17-15-57(25,58)6)53(76)86-50-44(74)41(71)38(68)30(82-50)22-78-48-42(72)39(69)36(66)28(19-60)80-48/h8,24,26-52,60-75H,9-23H2,1-7H3/t24-,26-,27-,28+,29+,30+,31+,32-,33-,34-,35+,36+,37-,38+,39-,40+,41+,42+,43-,44-,45-,46-,47-,48+,49-,50+,51+,52+,55-,56+,57-,58+,59+/m1/s1. The maximum absolute atomic E-state index is 15.1. The molecule has 27 nitrogen and oxygen atoms in total. The summed E-state index contributed by atoms with van der Waals surface area (Å²) in [4.78, 5) is 15.1. The fourth-order valence-corrected chi connectivity index (χ4v) is 17.6. The highest BCUT2D eigenvalue weighted by molar-refractivity contribution is 5.79. The van der Waals surface area contributed by atoms with Crippen LogP contribution in [0.1, 0.15) is 113 Å². The molecule has 16 N–H and O–H groups in total. The Labute approximate surface area is 499 Å². The molecule has 4 saturated carbocycles. The van der Waals surface area contributed by atoms with Gasteiger partial charge in [-0.05, 0) is 111 Å². The van der Waals surface area contributed by atoms with Crippen LogP contribution < -0.4 is 0 Å². The van der Waals surface area contributed by atoms with Crippen LogP contribution in [0.4, 0.5) is 0 Å². The first-order valence-electron chi connectivity index (χ1n) is 30.8. The first-order chi connectivity index (χ1) is 40.4. The molecule has 10 aliphatic rings. The predicted molar refractivity (Wildman–Crippen MR) is 289 cm³/mol. The van der Waals surface area contributed by atoms with Crippen molar-refractivity contribution >= 4 is 5.97 Å². The Morgan fingerprint density at radius 3 is 1.77 bits per heavy atom. The second-order valence-corrected chi connectivity index (χ2v) is 28.5. The van der Waals surface area contributed by atoms with Crippen molar-refractivity contribution in [2.45, 2.75) is 266 Å². The van der Waals surface area contributed by atoms with E-state index in [1.807, 2.05) is 6.92 Å². The van der Waals surface area contributed by atoms with Crippen LogP contribution >= 0.6 is 0 Å². The summed E-state index contributed by atoms with van der Waals surface area (Å²) in [6, 6.07) is 0. The van der Waals surface area contributed by atoms with Crippen LogP contribution in [0.3, 0.4) is 0 Å². The van der Waals surface area contributed by atoms with Gasteiger partial charge in [-0.25, -0.2) is 0 Å². The van der Waals surface area contributed by atoms with E-state index in [0.717, 1.165) is 6.42 Å². The average molecular weight is 1240 g/mol. The minimum Gasteiger partial charge on any atom is -0.432 e. The third kappa shape index (κ3) is 11.2. The fourth-order valence-electron chi connectivity index (χ4n) is 17.6. The summed E-state index contributed by atoms with van der Waals surface area (Å²) in [7, 11) is 0. The van der Waals surface area contributed by atoms with Crippen LogP contribution in [0.15, 0.2) is 11.6 Å². The minimum atomic E-state index is -1.87. The summed E-state index contributed by atoms with van der Waals surface area (Å²) in [6.45, 7) is 12.1. The van der Waals surface area contributed by atoms with Gasteiger partial charge in [0, 0.05) is 5.41 Å². The van der Waals surface area contributed by atoms with Crippen molar-refractivity contribution in [1.29, 1.82) is 0 Å². The second-order valence-electron chi connectivity index (χ2n) is 28.5. The zero-order chi connectivity index (χ0) is 62.7. The van der Waals surface area contributed by atoms with E-state index in [2.05, 4.69) is 40.7 Å². The number of fused-ring (bicyclic) bond motifs is 7. The summed E-state index contributed by atoms with van der Waals surface area (Å²) in [6.07, 6.45) is -31.4. The van der Waals surface area contributed by atoms with Crippen molar-refractivity contribution in [3.05, 3.63) is 11.6 Å². The molecule has 5 aliphatic carbocycles. The Hall–Kier alpha value is -1.79. The van der Waals surface area contributed by atoms with Crippen molar-refractivity contribution in [3.8, 4) is 0 Å². The normalized spacial score (nSPS) is 54.8. The number of aliphatic hydroxyl groups is 16. The molecule has 9 fully saturated rings. The smallest absolute Gasteiger partial charge is 0.315 e. The molecule has 0 aromatic carbocycles. The first-order valence-corrected chi connectivity index (χ1v) is 30.8. The minimum absolute atomic E-state index is 0.0885. The maximum Gasteiger partial charge on any atom is 0.315 e. The van der Waals surface area contributed by atoms with Gasteiger partial charge in [0.2, 0.25) is 6.29 Å². The number of allylic oxidation sites excluding steroid dienone is 2. The molecule has 5 saturated heterocycles. The predicted octanol–water partition coefficient (Wildman–Crippen LogP) is -3.57. The van der Waals surface area contributed by atoms with Gasteiger partial charge in [0.1, 0.15) is 110 Å². The van der Waals surface area contributed by atoms with Gasteiger partial charge in [-0.1, -0.05) is 53.2 Å². The number of rotatable bonds is 14. The molecular weight excluding hydrogens is 1140 g/mol. The largest absolute Gasteiger partial charge is 0.432 e. The lowest BCUT2D eigenvalue weighted by Crippen LogP contribution is -2.67. The summed E-state index contributed by atoms with van der Waals surface area (Å²) in [5.74, 6) is -0.929. The average Bonchev–Trinajstić information content (AvgIpc) is 0.689. The van der Waals surface area contributed by atoms with Crippen molar-refractivity contribution in [3.63, 3.8) is 0 Å². The van der Waals surface area contributed by atoms with Gasteiger partial charge in [-0.15, -0.1) is 0 Å². The summed E-state index contributed by atoms with van der Waals surface area (Å²) < 4.78 is 59.5. The lowest BCUT2D eigenvalue weighted by Gasteiger charge is -2.71. The molecule has 27 heteroatoms. The van der Waals surface area contributed by atoms with Gasteiger partial charge in [-0.3, -0.25) is 4.79 Å². The second kappa shape index (κ2) is 24.9. The molecule has 0 spiro atoms. The van der Waals surface area contributed by atoms with E-state index in [0.29, 0.717) is 57.8 Å². The summed E-state index contributed by atoms with van der Waals surface area (Å²) in [5, 5.41) is 172. The molecule has 494 valence electrons. The Balaban J connectivity index is 0.849. The van der Waals surface area contributed by atoms with E-state index in [-0.39, 0.29) is 47.2 Å². The Kier molecular flexibility index (Phi) is 19.4. The topological polar surface area (TPSA) is 433 Å². The summed E-state index contributed by atoms with van der Waals surface area (Å²) >= 11 is 0. The zero-order valence-corrected chi connectivity index (χ0v) is 50.0. The number of carbonyl (C=O) groups excluding carboxylic acids is 1. The molecule has 33 atom stereocenters. The van der Waals surface area contributed by atoms with Crippen molar-refractivity contribution in [1.82, 2.24) is 0 Å². The van der Waals surface area contributed by atoms with Gasteiger partial charge >= 0.3 is 5.97 Å². The van der Waals surface area contributed by atoms with E-state index in [1.54, 1.807) is 0 Å². The Morgan fingerprint density at radius 2 is 1.13 bits per heavy atom. The van der Waals surface area contributed by atoms with Gasteiger partial charge < -0.3 is 129 Å². The van der Waals surface area contributed by atoms with E-state index in [4.69, 9.17) is 47.4 Å². The van der Waals surface area contributed by atoms with Crippen LogP contribution in [0.2, 0.25) is 0 Å². The first kappa shape index (κ1) is 67.1. The summed E-state index contributed by atoms with van der Waals surface area (Å²) in [5.41, 5.74) is -2.07. The molecule has 5 heterocycles. The number of esters is 1. The zero-order valence-electron chi connectivity index (χ0n) is 50.0. The van der Waals surface area contributed by atoms with Crippen molar-refractivity contribution in [2.75, 3.05) is 33.0 Å². The van der Waals surface area contributed by atoms with E-state index >= 15 is 4.79 Å². The van der Waals surface area contributed by atoms with Crippen molar-refractivity contribution in [2.24, 2.45) is 50.2 Å². The Morgan fingerprint density at radius 1 is 0.558 bits per heavy atom. The molecular formula is C59H96O27. The lowest BCUT2D eigenvalue weighted by molar-refractivity contribution is -0.383. The number of carbonyl (C=O) groups is 1. The Bertz CT molecular complexity index is 2380. The number of aliphatic hydroxyl groups excluding tert-OH is 16. The van der Waals surface area contributed by atoms with Crippen LogP contribution in [-0.2, 0) is 52.2 Å². The highest BCUT2D eigenvalue weighted by Crippen LogP contribution is 2.76. The van der Waals surface area contributed by atoms with Crippen molar-refractivity contribution < 1.29 is 134 Å². The molecule has 0 aromatic rings. The fraction of sp³-hybridized carbons (Fsp3) is 0.949. The number of hydrogen-bond donors (Lipinski definition) is 16. The third-order valence-corrected chi connectivity index (χ3v) is 23.2. The van der Waals surface area contributed by atoms with Crippen LogP contribution in [0.5, 0.6) is 0 Å². The SMILES string of the molecule is C[C@H]1O[C@@H](O[C@H]2[C@H](O[C@@H]3CC[C@]4(C)[C@H](CC[C@@]5(C)[C@@H]4CC=C4[C@H]6CC(C)(C)CC[C@]6(C(=O)O[C@@H]6O[C@@H](CO[C@H]7O[C@@H](CO)[C@H](O)[C@@H](O)[C@@H]7O)[C@H](O)[C@H](O)[C@H]6O)CC[C@]45C)[C@]3(C)CO)OC[C@@H](O)[C@@H]2O)[C@H](O)[C@H](O[C@H]2O[C@@H](CO)[C@@H](O)[C@H](O)[C@H]2O)[C@@H]1O. The van der Waals surface area contributed by atoms with Gasteiger partial charge in [0.15, 0.2) is 25.2 Å². The van der Waals surface area contributed by atoms with Gasteiger partial charge in [0.25, 0.3) is 0 Å². The van der Waals surface area contributed by atoms with E-state index in [9.17, 15) is 81.7 Å². The molecule has 10 rings (SSSR count). The highest BCUT2D eigenvalue weighted by atomic mass is 16.8. The van der Waals surface area contributed by atoms with Gasteiger partial charge in [0.05, 0.1) is 50.7 Å². The van der Waals surface area contributed by atoms with Gasteiger partial charge in [-0.2, -0.15) is 0 Å². The van der Waals surface area contributed by atoms with E-state index < -0.39 is 196 Å². The molecule has 0 unspecified atom stereocenters. The van der Waals surface area contributed by atoms with Crippen LogP contribution in [0, 0.1) is 50.2 Å². The molecule has 0 bridgehead atoms. The molecule has 5 aliphatic heterocycles. The van der Waals surface area contributed by atoms with Crippen LogP contribution in [0.25, 0.3) is 0 Å². The number of hydrogen-bond acceptors (Lipinski definition) is 27. The monoisotopic (exact) mass is 1240 g/mol. The highest BCUT2D eigenvalue weighted by Gasteiger charge is 2.71. The van der Waals surface area contributed by atoms with E-state index in [1.165, 1.54) is 12.5 Å². The quantitative estimate of drug-likeness (QED) is 0.0454. The van der Waals surface area contributed by atoms with Crippen LogP contribution in [-0.4, -0.2) is 274 Å². The third-order valence-electron chi connectivity index (χ3n) is 23.2. The number of ether oxygens (including phenoxy) is 10.